The van der Waals surface area contributed by atoms with Gasteiger partial charge in [-0.2, -0.15) is 0 Å². The van der Waals surface area contributed by atoms with Gasteiger partial charge in [-0.3, -0.25) is 0 Å². The first-order valence-electron chi connectivity index (χ1n) is 9.07. The summed E-state index contributed by atoms with van der Waals surface area (Å²) in [6.07, 6.45) is 5.75. The van der Waals surface area contributed by atoms with Gasteiger partial charge < -0.3 is 20.1 Å². The van der Waals surface area contributed by atoms with Crippen LogP contribution in [0.1, 0.15) is 66.2 Å². The Labute approximate surface area is 146 Å². The zero-order valence-electron chi connectivity index (χ0n) is 15.7. The van der Waals surface area contributed by atoms with E-state index in [0.717, 1.165) is 30.8 Å². The predicted octanol–water partition coefficient (Wildman–Crippen LogP) is 2.82. The van der Waals surface area contributed by atoms with Crippen LogP contribution in [0.2, 0.25) is 0 Å². The molecule has 0 aliphatic carbocycles. The van der Waals surface area contributed by atoms with Crippen molar-refractivity contribution >= 4 is 5.97 Å². The number of hydrogen-bond acceptors (Lipinski definition) is 5. The zero-order valence-corrected chi connectivity index (χ0v) is 15.7. The first-order valence-corrected chi connectivity index (χ1v) is 9.07. The van der Waals surface area contributed by atoms with Crippen LogP contribution in [0, 0.1) is 11.8 Å². The molecule has 0 saturated heterocycles. The van der Waals surface area contributed by atoms with E-state index in [9.17, 15) is 15.0 Å². The Morgan fingerprint density at radius 1 is 1.04 bits per heavy atom. The number of aliphatic hydroxyl groups excluding tert-OH is 3. The zero-order chi connectivity index (χ0) is 18.5. The van der Waals surface area contributed by atoms with Crippen LogP contribution in [0.3, 0.4) is 0 Å². The lowest BCUT2D eigenvalue weighted by molar-refractivity contribution is -0.143. The number of hydrogen-bond donors (Lipinski definition) is 3. The van der Waals surface area contributed by atoms with Crippen molar-refractivity contribution in [1.29, 1.82) is 0 Å². The first kappa shape index (κ1) is 23.1. The summed E-state index contributed by atoms with van der Waals surface area (Å²) < 4.78 is 4.86. The van der Waals surface area contributed by atoms with Gasteiger partial charge in [0.25, 0.3) is 0 Å². The molecule has 0 saturated carbocycles. The van der Waals surface area contributed by atoms with Crippen molar-refractivity contribution in [1.82, 2.24) is 0 Å². The van der Waals surface area contributed by atoms with Crippen LogP contribution in [0.25, 0.3) is 0 Å². The minimum Gasteiger partial charge on any atom is -0.460 e. The van der Waals surface area contributed by atoms with E-state index in [1.54, 1.807) is 0 Å². The largest absolute Gasteiger partial charge is 0.460 e. The van der Waals surface area contributed by atoms with Crippen molar-refractivity contribution in [3.8, 4) is 0 Å². The summed E-state index contributed by atoms with van der Waals surface area (Å²) in [7, 11) is 0. The van der Waals surface area contributed by atoms with Crippen molar-refractivity contribution in [3.05, 3.63) is 11.6 Å². The van der Waals surface area contributed by atoms with E-state index < -0.39 is 24.8 Å². The fraction of sp³-hybridized carbons (Fsp3) is 0.842. The molecular weight excluding hydrogens is 308 g/mol. The lowest BCUT2D eigenvalue weighted by Crippen LogP contribution is -2.33. The molecule has 0 fully saturated rings. The maximum atomic E-state index is 11.6. The highest BCUT2D eigenvalue weighted by Gasteiger charge is 2.16. The smallest absolute Gasteiger partial charge is 0.330 e. The maximum absolute atomic E-state index is 11.6. The summed E-state index contributed by atoms with van der Waals surface area (Å²) >= 11 is 0. The number of carbonyl (C=O) groups is 1. The Hall–Kier alpha value is -0.910. The molecule has 0 spiro atoms. The summed E-state index contributed by atoms with van der Waals surface area (Å²) in [5.41, 5.74) is 0.951. The van der Waals surface area contributed by atoms with Crippen molar-refractivity contribution < 1.29 is 24.9 Å². The molecule has 0 aromatic rings. The number of carbonyl (C=O) groups excluding carboxylic acids is 1. The Bertz CT molecular complexity index is 365. The minimum atomic E-state index is -1.29. The van der Waals surface area contributed by atoms with E-state index in [1.165, 1.54) is 25.3 Å². The van der Waals surface area contributed by atoms with Gasteiger partial charge in [-0.25, -0.2) is 4.79 Å². The van der Waals surface area contributed by atoms with Gasteiger partial charge in [0.1, 0.15) is 18.8 Å². The molecule has 0 bridgehead atoms. The van der Waals surface area contributed by atoms with Crippen LogP contribution >= 0.6 is 0 Å². The van der Waals surface area contributed by atoms with Gasteiger partial charge >= 0.3 is 5.97 Å². The number of aliphatic hydroxyl groups is 3. The van der Waals surface area contributed by atoms with Gasteiger partial charge in [0.15, 0.2) is 0 Å². The molecule has 0 amide bonds. The van der Waals surface area contributed by atoms with E-state index in [2.05, 4.69) is 20.8 Å². The van der Waals surface area contributed by atoms with Crippen LogP contribution in [0.4, 0.5) is 0 Å². The summed E-state index contributed by atoms with van der Waals surface area (Å²) in [6.45, 7) is 7.79. The monoisotopic (exact) mass is 344 g/mol. The Kier molecular flexibility index (Phi) is 12.9. The highest BCUT2D eigenvalue weighted by molar-refractivity contribution is 5.82. The van der Waals surface area contributed by atoms with Crippen LogP contribution in [-0.2, 0) is 9.53 Å². The average Bonchev–Trinajstić information content (AvgIpc) is 2.51. The molecule has 0 aliphatic heterocycles. The predicted molar refractivity (Wildman–Crippen MR) is 95.5 cm³/mol. The van der Waals surface area contributed by atoms with E-state index in [-0.39, 0.29) is 6.61 Å². The minimum absolute atomic E-state index is 0.322. The molecule has 5 nitrogen and oxygen atoms in total. The molecule has 0 heterocycles. The maximum Gasteiger partial charge on any atom is 0.330 e. The van der Waals surface area contributed by atoms with Crippen LogP contribution in [-0.4, -0.2) is 46.7 Å². The van der Waals surface area contributed by atoms with Crippen LogP contribution < -0.4 is 0 Å². The molecule has 0 aromatic heterocycles. The highest BCUT2D eigenvalue weighted by atomic mass is 16.5. The fourth-order valence-electron chi connectivity index (χ4n) is 2.46. The van der Waals surface area contributed by atoms with Gasteiger partial charge in [-0.1, -0.05) is 52.0 Å². The number of ether oxygens (including phenoxy) is 1. The summed E-state index contributed by atoms with van der Waals surface area (Å²) in [5, 5.41) is 27.3. The lowest BCUT2D eigenvalue weighted by Gasteiger charge is -2.15. The standard InChI is InChI=1S/C19H36O5/c1-14(2)7-5-8-15(3)9-6-10-16(4)11-19(23)24-13-18(22)17(21)12-20/h11,14-15,17-18,20-22H,5-10,12-13H2,1-4H3/b16-11+/t15?,17-,18+/m1/s1. The van der Waals surface area contributed by atoms with Gasteiger partial charge in [0.2, 0.25) is 0 Å². The third-order valence-corrected chi connectivity index (χ3v) is 4.14. The van der Waals surface area contributed by atoms with Crippen LogP contribution in [0.5, 0.6) is 0 Å². The molecule has 0 radical (unpaired) electrons. The Balaban J connectivity index is 3.90. The van der Waals surface area contributed by atoms with Crippen molar-refractivity contribution in [2.75, 3.05) is 13.2 Å². The van der Waals surface area contributed by atoms with Gasteiger partial charge in [-0.05, 0) is 31.6 Å². The topological polar surface area (TPSA) is 87.0 Å². The summed E-state index contributed by atoms with van der Waals surface area (Å²) in [6, 6.07) is 0. The van der Waals surface area contributed by atoms with Gasteiger partial charge in [0, 0.05) is 6.08 Å². The summed E-state index contributed by atoms with van der Waals surface area (Å²) in [5.74, 6) is 0.950. The Morgan fingerprint density at radius 3 is 2.25 bits per heavy atom. The molecule has 3 N–H and O–H groups in total. The van der Waals surface area contributed by atoms with Crippen molar-refractivity contribution in [2.24, 2.45) is 11.8 Å². The lowest BCUT2D eigenvalue weighted by atomic mass is 9.94. The second kappa shape index (κ2) is 13.4. The normalized spacial score (nSPS) is 16.1. The molecule has 0 rings (SSSR count). The van der Waals surface area contributed by atoms with Crippen LogP contribution in [0.15, 0.2) is 11.6 Å². The van der Waals surface area contributed by atoms with E-state index in [0.29, 0.717) is 5.92 Å². The van der Waals surface area contributed by atoms with Gasteiger partial charge in [-0.15, -0.1) is 0 Å². The Morgan fingerprint density at radius 2 is 1.67 bits per heavy atom. The molecule has 3 atom stereocenters. The molecule has 0 aromatic carbocycles. The van der Waals surface area contributed by atoms with E-state index >= 15 is 0 Å². The molecule has 0 aliphatic rings. The first-order chi connectivity index (χ1) is 11.3. The average molecular weight is 344 g/mol. The molecular formula is C19H36O5. The van der Waals surface area contributed by atoms with Crippen molar-refractivity contribution in [2.45, 2.75) is 78.4 Å². The van der Waals surface area contributed by atoms with E-state index in [4.69, 9.17) is 9.84 Å². The van der Waals surface area contributed by atoms with Crippen molar-refractivity contribution in [3.63, 3.8) is 0 Å². The second-order valence-electron chi connectivity index (χ2n) is 7.26. The number of rotatable bonds is 13. The third kappa shape index (κ3) is 12.5. The third-order valence-electron chi connectivity index (χ3n) is 4.14. The highest BCUT2D eigenvalue weighted by Crippen LogP contribution is 2.19. The molecule has 24 heavy (non-hydrogen) atoms. The fourth-order valence-corrected chi connectivity index (χ4v) is 2.46. The molecule has 5 heteroatoms. The SMILES string of the molecule is C/C(=C\C(=O)OC[C@H](O)[C@H](O)CO)CCCC(C)CCCC(C)C. The van der Waals surface area contributed by atoms with Gasteiger partial charge in [0.05, 0.1) is 6.61 Å². The van der Waals surface area contributed by atoms with E-state index in [1.807, 2.05) is 6.92 Å². The quantitative estimate of drug-likeness (QED) is 0.353. The summed E-state index contributed by atoms with van der Waals surface area (Å²) in [4.78, 5) is 11.6. The number of esters is 1. The number of allylic oxidation sites excluding steroid dienone is 1. The molecule has 1 unspecified atom stereocenters. The second-order valence-corrected chi connectivity index (χ2v) is 7.26. The molecule has 142 valence electrons.